The second kappa shape index (κ2) is 12.8. The molecule has 0 aliphatic rings. The van der Waals surface area contributed by atoms with Crippen LogP contribution in [-0.4, -0.2) is 19.5 Å². The van der Waals surface area contributed by atoms with Gasteiger partial charge in [-0.1, -0.05) is 133 Å². The molecule has 3 heterocycles. The fourth-order valence-electron chi connectivity index (χ4n) is 8.69. The third-order valence-corrected chi connectivity index (χ3v) is 11.4. The standard InChI is InChI=1S/C53H32N4O/c1-3-12-33(13-4-1)36-24-27-41-44-30-37(25-28-46(44)57(47(41)32-36)39-16-5-2-6-17-39)51-54-52(38-26-29-49-45(31-38)42-19-9-10-21-48(42)58-49)56-53(55-51)43-20-11-15-35-23-22-34-14-7-8-18-40(34)50(35)43/h1-32H. The Morgan fingerprint density at radius 1 is 0.345 bits per heavy atom. The number of benzene rings is 9. The molecule has 5 heteroatoms. The topological polar surface area (TPSA) is 56.7 Å². The summed E-state index contributed by atoms with van der Waals surface area (Å²) in [6.07, 6.45) is 0. The van der Waals surface area contributed by atoms with E-state index in [-0.39, 0.29) is 0 Å². The number of hydrogen-bond donors (Lipinski definition) is 0. The van der Waals surface area contributed by atoms with Gasteiger partial charge in [-0.15, -0.1) is 0 Å². The minimum Gasteiger partial charge on any atom is -0.456 e. The second-order valence-electron chi connectivity index (χ2n) is 14.8. The first kappa shape index (κ1) is 32.4. The van der Waals surface area contributed by atoms with Crippen molar-refractivity contribution in [2.45, 2.75) is 0 Å². The fraction of sp³-hybridized carbons (Fsp3) is 0. The van der Waals surface area contributed by atoms with Crippen molar-refractivity contribution < 1.29 is 4.42 Å². The number of furan rings is 1. The highest BCUT2D eigenvalue weighted by atomic mass is 16.3. The zero-order valence-corrected chi connectivity index (χ0v) is 31.2. The van der Waals surface area contributed by atoms with Gasteiger partial charge in [0.05, 0.1) is 11.0 Å². The Morgan fingerprint density at radius 3 is 1.83 bits per heavy atom. The van der Waals surface area contributed by atoms with E-state index in [0.717, 1.165) is 82.3 Å². The average molecular weight is 741 g/mol. The number of aromatic nitrogens is 4. The smallest absolute Gasteiger partial charge is 0.164 e. The molecular formula is C53H32N4O. The van der Waals surface area contributed by atoms with Crippen LogP contribution in [0.5, 0.6) is 0 Å². The van der Waals surface area contributed by atoms with E-state index in [2.05, 4.69) is 168 Å². The molecule has 0 saturated heterocycles. The molecule has 0 aliphatic heterocycles. The lowest BCUT2D eigenvalue weighted by atomic mass is 9.97. The van der Waals surface area contributed by atoms with E-state index >= 15 is 0 Å². The van der Waals surface area contributed by atoms with Crippen LogP contribution in [-0.2, 0) is 0 Å². The highest BCUT2D eigenvalue weighted by Crippen LogP contribution is 2.39. The van der Waals surface area contributed by atoms with E-state index in [0.29, 0.717) is 17.5 Å². The van der Waals surface area contributed by atoms with Crippen molar-refractivity contribution in [1.29, 1.82) is 0 Å². The molecule has 12 aromatic rings. The average Bonchev–Trinajstić information content (AvgIpc) is 3.84. The van der Waals surface area contributed by atoms with Gasteiger partial charge in [-0.25, -0.2) is 15.0 Å². The molecule has 0 unspecified atom stereocenters. The van der Waals surface area contributed by atoms with Crippen molar-refractivity contribution in [3.63, 3.8) is 0 Å². The second-order valence-corrected chi connectivity index (χ2v) is 14.8. The Bertz CT molecular complexity index is 3570. The summed E-state index contributed by atoms with van der Waals surface area (Å²) >= 11 is 0. The van der Waals surface area contributed by atoms with E-state index in [1.54, 1.807) is 0 Å². The van der Waals surface area contributed by atoms with Crippen molar-refractivity contribution in [2.24, 2.45) is 0 Å². The normalized spacial score (nSPS) is 11.8. The first-order valence-corrected chi connectivity index (χ1v) is 19.5. The van der Waals surface area contributed by atoms with Crippen LogP contribution in [0.4, 0.5) is 0 Å². The molecule has 0 aliphatic carbocycles. The largest absolute Gasteiger partial charge is 0.456 e. The molecule has 0 spiro atoms. The van der Waals surface area contributed by atoms with E-state index < -0.39 is 0 Å². The lowest BCUT2D eigenvalue weighted by molar-refractivity contribution is 0.669. The van der Waals surface area contributed by atoms with Gasteiger partial charge in [0.2, 0.25) is 0 Å². The maximum absolute atomic E-state index is 6.21. The van der Waals surface area contributed by atoms with Crippen LogP contribution in [0.2, 0.25) is 0 Å². The predicted octanol–water partition coefficient (Wildman–Crippen LogP) is 13.8. The number of rotatable bonds is 5. The molecule has 0 bridgehead atoms. The molecule has 58 heavy (non-hydrogen) atoms. The summed E-state index contributed by atoms with van der Waals surface area (Å²) in [5.74, 6) is 1.83. The maximum atomic E-state index is 6.21. The van der Waals surface area contributed by atoms with Gasteiger partial charge in [0.1, 0.15) is 11.2 Å². The Labute approximate surface area is 333 Å². The summed E-state index contributed by atoms with van der Waals surface area (Å²) in [6.45, 7) is 0. The van der Waals surface area contributed by atoms with Gasteiger partial charge in [-0.3, -0.25) is 0 Å². The fourth-order valence-corrected chi connectivity index (χ4v) is 8.69. The monoisotopic (exact) mass is 740 g/mol. The molecule has 3 aromatic heterocycles. The van der Waals surface area contributed by atoms with Crippen molar-refractivity contribution in [1.82, 2.24) is 19.5 Å². The van der Waals surface area contributed by atoms with Crippen LogP contribution >= 0.6 is 0 Å². The predicted molar refractivity (Wildman–Crippen MR) is 238 cm³/mol. The first-order chi connectivity index (χ1) is 28.7. The van der Waals surface area contributed by atoms with Crippen LogP contribution < -0.4 is 0 Å². The molecule has 0 saturated carbocycles. The van der Waals surface area contributed by atoms with Crippen molar-refractivity contribution in [2.75, 3.05) is 0 Å². The van der Waals surface area contributed by atoms with Gasteiger partial charge in [0, 0.05) is 49.3 Å². The van der Waals surface area contributed by atoms with Crippen LogP contribution in [0, 0.1) is 0 Å². The number of hydrogen-bond acceptors (Lipinski definition) is 4. The van der Waals surface area contributed by atoms with Gasteiger partial charge in [0.25, 0.3) is 0 Å². The summed E-state index contributed by atoms with van der Waals surface area (Å²) < 4.78 is 8.56. The third kappa shape index (κ3) is 5.14. The van der Waals surface area contributed by atoms with E-state index in [1.807, 2.05) is 30.3 Å². The third-order valence-electron chi connectivity index (χ3n) is 11.4. The van der Waals surface area contributed by atoms with Crippen LogP contribution in [0.25, 0.3) is 116 Å². The van der Waals surface area contributed by atoms with E-state index in [1.165, 1.54) is 16.5 Å². The van der Waals surface area contributed by atoms with Crippen LogP contribution in [0.1, 0.15) is 0 Å². The Morgan fingerprint density at radius 2 is 0.983 bits per heavy atom. The molecule has 0 atom stereocenters. The molecule has 0 N–H and O–H groups in total. The minimum atomic E-state index is 0.601. The highest BCUT2D eigenvalue weighted by Gasteiger charge is 2.19. The first-order valence-electron chi connectivity index (χ1n) is 19.5. The van der Waals surface area contributed by atoms with Gasteiger partial charge in [-0.2, -0.15) is 0 Å². The number of fused-ring (bicyclic) bond motifs is 9. The summed E-state index contributed by atoms with van der Waals surface area (Å²) in [5.41, 5.74) is 10.2. The summed E-state index contributed by atoms with van der Waals surface area (Å²) in [5, 5.41) is 8.96. The summed E-state index contributed by atoms with van der Waals surface area (Å²) in [6, 6.07) is 68.1. The number of nitrogens with zero attached hydrogens (tertiary/aromatic N) is 4. The molecular weight excluding hydrogens is 709 g/mol. The van der Waals surface area contributed by atoms with Gasteiger partial charge >= 0.3 is 0 Å². The van der Waals surface area contributed by atoms with Gasteiger partial charge in [0.15, 0.2) is 17.5 Å². The van der Waals surface area contributed by atoms with Crippen molar-refractivity contribution in [3.8, 4) is 51.0 Å². The van der Waals surface area contributed by atoms with E-state index in [9.17, 15) is 0 Å². The molecule has 0 radical (unpaired) electrons. The van der Waals surface area contributed by atoms with Crippen molar-refractivity contribution >= 4 is 65.3 Å². The lowest BCUT2D eigenvalue weighted by Gasteiger charge is -2.12. The molecule has 9 aromatic carbocycles. The zero-order valence-electron chi connectivity index (χ0n) is 31.2. The minimum absolute atomic E-state index is 0.601. The molecule has 0 amide bonds. The van der Waals surface area contributed by atoms with Gasteiger partial charge in [-0.05, 0) is 87.9 Å². The Kier molecular flexibility index (Phi) is 7.16. The summed E-state index contributed by atoms with van der Waals surface area (Å²) in [7, 11) is 0. The molecule has 270 valence electrons. The lowest BCUT2D eigenvalue weighted by Crippen LogP contribution is -2.01. The van der Waals surface area contributed by atoms with Gasteiger partial charge < -0.3 is 8.98 Å². The number of para-hydroxylation sites is 2. The maximum Gasteiger partial charge on any atom is 0.164 e. The quantitative estimate of drug-likeness (QED) is 0.165. The Hall–Kier alpha value is -7.89. The van der Waals surface area contributed by atoms with Crippen LogP contribution in [0.3, 0.4) is 0 Å². The SMILES string of the molecule is c1ccc(-c2ccc3c4cc(-c5nc(-c6ccc7oc8ccccc8c7c6)nc(-c6cccc7ccc8ccccc8c67)n5)ccc4n(-c4ccccc4)c3c2)cc1. The Balaban J connectivity index is 1.11. The highest BCUT2D eigenvalue weighted by molar-refractivity contribution is 6.14. The molecule has 0 fully saturated rings. The van der Waals surface area contributed by atoms with Crippen LogP contribution in [0.15, 0.2) is 199 Å². The van der Waals surface area contributed by atoms with E-state index in [4.69, 9.17) is 19.4 Å². The molecule has 12 rings (SSSR count). The molecule has 5 nitrogen and oxygen atoms in total. The summed E-state index contributed by atoms with van der Waals surface area (Å²) in [4.78, 5) is 15.8. The van der Waals surface area contributed by atoms with Crippen molar-refractivity contribution in [3.05, 3.63) is 194 Å². The zero-order chi connectivity index (χ0) is 38.2.